The molecular formula is C13H9BrN2O2. The smallest absolute Gasteiger partial charge is 0.331 e. The Labute approximate surface area is 111 Å². The molecule has 0 unspecified atom stereocenters. The molecule has 0 amide bonds. The third-order valence-corrected chi connectivity index (χ3v) is 3.40. The number of benzene rings is 2. The Morgan fingerprint density at radius 2 is 1.83 bits per heavy atom. The molecule has 0 radical (unpaired) electrons. The van der Waals surface area contributed by atoms with Gasteiger partial charge in [0.1, 0.15) is 5.75 Å². The summed E-state index contributed by atoms with van der Waals surface area (Å²) in [5.74, 6) is 0.172. The number of fused-ring (bicyclic) bond motifs is 1. The van der Waals surface area contributed by atoms with E-state index >= 15 is 0 Å². The highest BCUT2D eigenvalue weighted by Gasteiger charge is 2.10. The minimum atomic E-state index is -0.206. The molecule has 18 heavy (non-hydrogen) atoms. The Kier molecular flexibility index (Phi) is 2.48. The Balaban J connectivity index is 2.38. The minimum Gasteiger partial charge on any atom is -0.508 e. The van der Waals surface area contributed by atoms with Gasteiger partial charge in [0.05, 0.1) is 16.7 Å². The molecule has 0 spiro atoms. The third-order valence-electron chi connectivity index (χ3n) is 2.76. The fraction of sp³-hybridized carbons (Fsp3) is 0. The first-order chi connectivity index (χ1) is 8.66. The molecule has 3 rings (SSSR count). The van der Waals surface area contributed by atoms with Crippen LogP contribution in [0.15, 0.2) is 51.7 Å². The number of rotatable bonds is 1. The maximum atomic E-state index is 12.0. The number of aromatic hydroxyl groups is 1. The predicted molar refractivity (Wildman–Crippen MR) is 73.3 cm³/mol. The molecule has 1 aromatic heterocycles. The summed E-state index contributed by atoms with van der Waals surface area (Å²) in [6, 6.07) is 12.1. The number of phenolic OH excluding ortho intramolecular Hbond substituents is 1. The van der Waals surface area contributed by atoms with Crippen LogP contribution in [0.3, 0.4) is 0 Å². The van der Waals surface area contributed by atoms with E-state index in [0.717, 1.165) is 15.5 Å². The number of phenols is 1. The van der Waals surface area contributed by atoms with Gasteiger partial charge >= 0.3 is 5.69 Å². The molecule has 0 aliphatic rings. The molecule has 2 aromatic carbocycles. The largest absolute Gasteiger partial charge is 0.508 e. The topological polar surface area (TPSA) is 58.0 Å². The Morgan fingerprint density at radius 3 is 2.56 bits per heavy atom. The molecule has 2 N–H and O–H groups in total. The molecule has 5 heteroatoms. The lowest BCUT2D eigenvalue weighted by Crippen LogP contribution is -2.14. The van der Waals surface area contributed by atoms with Crippen molar-refractivity contribution < 1.29 is 5.11 Å². The monoisotopic (exact) mass is 304 g/mol. The number of nitrogens with zero attached hydrogens (tertiary/aromatic N) is 1. The van der Waals surface area contributed by atoms with Gasteiger partial charge in [0.15, 0.2) is 0 Å². The fourth-order valence-electron chi connectivity index (χ4n) is 1.96. The average molecular weight is 305 g/mol. The zero-order valence-electron chi connectivity index (χ0n) is 9.22. The highest BCUT2D eigenvalue weighted by Crippen LogP contribution is 2.24. The van der Waals surface area contributed by atoms with Gasteiger partial charge in [0, 0.05) is 4.47 Å². The summed E-state index contributed by atoms with van der Waals surface area (Å²) in [6.45, 7) is 0. The number of H-pyrrole nitrogens is 1. The summed E-state index contributed by atoms with van der Waals surface area (Å²) < 4.78 is 2.41. The van der Waals surface area contributed by atoms with Crippen molar-refractivity contribution in [2.24, 2.45) is 0 Å². The zero-order chi connectivity index (χ0) is 12.7. The molecule has 0 bridgehead atoms. The maximum absolute atomic E-state index is 12.0. The van der Waals surface area contributed by atoms with Crippen LogP contribution in [0.25, 0.3) is 16.7 Å². The zero-order valence-corrected chi connectivity index (χ0v) is 10.8. The molecule has 0 aliphatic heterocycles. The number of aromatic amines is 1. The van der Waals surface area contributed by atoms with Gasteiger partial charge in [-0.05, 0) is 52.3 Å². The van der Waals surface area contributed by atoms with E-state index in [2.05, 4.69) is 20.9 Å². The lowest BCUT2D eigenvalue weighted by molar-refractivity contribution is 0.475. The van der Waals surface area contributed by atoms with E-state index in [9.17, 15) is 9.90 Å². The number of hydrogen-bond donors (Lipinski definition) is 2. The van der Waals surface area contributed by atoms with Crippen LogP contribution in [0.1, 0.15) is 0 Å². The molecule has 0 fully saturated rings. The van der Waals surface area contributed by atoms with Crippen molar-refractivity contribution >= 4 is 27.0 Å². The lowest BCUT2D eigenvalue weighted by atomic mass is 10.2. The number of aromatic nitrogens is 2. The molecule has 3 aromatic rings. The molecule has 0 saturated heterocycles. The quantitative estimate of drug-likeness (QED) is 0.726. The summed E-state index contributed by atoms with van der Waals surface area (Å²) in [4.78, 5) is 14.8. The molecule has 0 saturated carbocycles. The van der Waals surface area contributed by atoms with E-state index in [1.165, 1.54) is 0 Å². The SMILES string of the molecule is O=c1[nH]c2cccc(Br)c2n1-c1ccc(O)cc1. The lowest BCUT2D eigenvalue weighted by Gasteiger charge is -2.04. The third kappa shape index (κ3) is 1.64. The summed E-state index contributed by atoms with van der Waals surface area (Å²) in [6.07, 6.45) is 0. The maximum Gasteiger partial charge on any atom is 0.331 e. The van der Waals surface area contributed by atoms with E-state index in [1.807, 2.05) is 18.2 Å². The second kappa shape index (κ2) is 4.03. The van der Waals surface area contributed by atoms with E-state index in [0.29, 0.717) is 5.69 Å². The van der Waals surface area contributed by atoms with E-state index in [-0.39, 0.29) is 11.4 Å². The predicted octanol–water partition coefficient (Wildman–Crippen LogP) is 2.79. The van der Waals surface area contributed by atoms with Crippen LogP contribution in [0, 0.1) is 0 Å². The molecule has 90 valence electrons. The van der Waals surface area contributed by atoms with Crippen molar-refractivity contribution in [3.8, 4) is 11.4 Å². The number of imidazole rings is 1. The van der Waals surface area contributed by atoms with Crippen molar-refractivity contribution in [1.82, 2.24) is 9.55 Å². The first-order valence-corrected chi connectivity index (χ1v) is 6.15. The van der Waals surface area contributed by atoms with Gasteiger partial charge in [-0.3, -0.25) is 4.57 Å². The van der Waals surface area contributed by atoms with E-state index in [1.54, 1.807) is 28.8 Å². The summed E-state index contributed by atoms with van der Waals surface area (Å²) in [7, 11) is 0. The van der Waals surface area contributed by atoms with Gasteiger partial charge in [-0.15, -0.1) is 0 Å². The van der Waals surface area contributed by atoms with Crippen LogP contribution in [0.4, 0.5) is 0 Å². The molecular weight excluding hydrogens is 296 g/mol. The molecule has 0 aliphatic carbocycles. The highest BCUT2D eigenvalue weighted by atomic mass is 79.9. The van der Waals surface area contributed by atoms with Gasteiger partial charge in [-0.25, -0.2) is 4.79 Å². The van der Waals surface area contributed by atoms with Crippen molar-refractivity contribution in [1.29, 1.82) is 0 Å². The van der Waals surface area contributed by atoms with Crippen LogP contribution in [0.5, 0.6) is 5.75 Å². The van der Waals surface area contributed by atoms with Crippen molar-refractivity contribution in [3.05, 3.63) is 57.4 Å². The second-order valence-electron chi connectivity index (χ2n) is 3.92. The van der Waals surface area contributed by atoms with Gasteiger partial charge in [-0.2, -0.15) is 0 Å². The van der Waals surface area contributed by atoms with Crippen LogP contribution < -0.4 is 5.69 Å². The Bertz CT molecular complexity index is 772. The van der Waals surface area contributed by atoms with Gasteiger partial charge in [0.25, 0.3) is 0 Å². The molecule has 1 heterocycles. The normalized spacial score (nSPS) is 10.9. The van der Waals surface area contributed by atoms with E-state index in [4.69, 9.17) is 0 Å². The van der Waals surface area contributed by atoms with Crippen LogP contribution in [-0.4, -0.2) is 14.7 Å². The summed E-state index contributed by atoms with van der Waals surface area (Å²) in [5, 5.41) is 9.29. The van der Waals surface area contributed by atoms with Crippen LogP contribution >= 0.6 is 15.9 Å². The van der Waals surface area contributed by atoms with Crippen LogP contribution in [0.2, 0.25) is 0 Å². The van der Waals surface area contributed by atoms with E-state index < -0.39 is 0 Å². The van der Waals surface area contributed by atoms with Crippen molar-refractivity contribution in [2.75, 3.05) is 0 Å². The first kappa shape index (κ1) is 11.1. The number of halogens is 1. The standard InChI is InChI=1S/C13H9BrN2O2/c14-10-2-1-3-11-12(10)16(13(18)15-11)8-4-6-9(17)7-5-8/h1-7,17H,(H,15,18). The number of para-hydroxylation sites is 1. The van der Waals surface area contributed by atoms with Crippen molar-refractivity contribution in [2.45, 2.75) is 0 Å². The summed E-state index contributed by atoms with van der Waals surface area (Å²) >= 11 is 3.44. The fourth-order valence-corrected chi connectivity index (χ4v) is 2.51. The van der Waals surface area contributed by atoms with Gasteiger partial charge in [0.2, 0.25) is 0 Å². The first-order valence-electron chi connectivity index (χ1n) is 5.35. The Morgan fingerprint density at radius 1 is 1.11 bits per heavy atom. The van der Waals surface area contributed by atoms with Gasteiger partial charge in [-0.1, -0.05) is 6.07 Å². The highest BCUT2D eigenvalue weighted by molar-refractivity contribution is 9.10. The number of hydrogen-bond acceptors (Lipinski definition) is 2. The average Bonchev–Trinajstić information content (AvgIpc) is 2.68. The molecule has 4 nitrogen and oxygen atoms in total. The van der Waals surface area contributed by atoms with Crippen molar-refractivity contribution in [3.63, 3.8) is 0 Å². The van der Waals surface area contributed by atoms with Crippen LogP contribution in [-0.2, 0) is 0 Å². The number of nitrogens with one attached hydrogen (secondary N) is 1. The summed E-state index contributed by atoms with van der Waals surface area (Å²) in [5.41, 5.74) is 2.05. The van der Waals surface area contributed by atoms with Gasteiger partial charge < -0.3 is 10.1 Å². The minimum absolute atomic E-state index is 0.172. The second-order valence-corrected chi connectivity index (χ2v) is 4.77. The Hall–Kier alpha value is -2.01. The molecule has 0 atom stereocenters.